The number of halogens is 3. The summed E-state index contributed by atoms with van der Waals surface area (Å²) in [6, 6.07) is 0. The molecule has 0 amide bonds. The Morgan fingerprint density at radius 2 is 2.25 bits per heavy atom. The largest absolute Gasteiger partial charge is 0.409 e. The van der Waals surface area contributed by atoms with Crippen LogP contribution in [0.1, 0.15) is 19.3 Å². The number of hydrogen-bond donors (Lipinski definition) is 0. The van der Waals surface area contributed by atoms with Crippen LogP contribution >= 0.6 is 0 Å². The van der Waals surface area contributed by atoms with Crippen molar-refractivity contribution in [1.82, 2.24) is 4.90 Å². The van der Waals surface area contributed by atoms with Crippen LogP contribution in [-0.2, 0) is 4.74 Å². The lowest BCUT2D eigenvalue weighted by Crippen LogP contribution is -2.42. The number of allylic oxidation sites excluding steroid dienone is 1. The first-order chi connectivity index (χ1) is 7.45. The molecular formula is C11H16F3NO. The summed E-state index contributed by atoms with van der Waals surface area (Å²) in [5.41, 5.74) is 0.329. The van der Waals surface area contributed by atoms with Gasteiger partial charge in [0.15, 0.2) is 0 Å². The topological polar surface area (TPSA) is 12.5 Å². The van der Waals surface area contributed by atoms with Crippen molar-refractivity contribution in [1.29, 1.82) is 0 Å². The van der Waals surface area contributed by atoms with E-state index in [1.165, 1.54) is 0 Å². The average molecular weight is 235 g/mol. The van der Waals surface area contributed by atoms with Gasteiger partial charge in [0, 0.05) is 25.3 Å². The molecule has 1 atom stereocenters. The second kappa shape index (κ2) is 4.04. The zero-order valence-electron chi connectivity index (χ0n) is 9.31. The summed E-state index contributed by atoms with van der Waals surface area (Å²) in [7, 11) is 1.61. The molecule has 0 radical (unpaired) electrons. The van der Waals surface area contributed by atoms with Gasteiger partial charge in [0.05, 0.1) is 6.61 Å². The van der Waals surface area contributed by atoms with Gasteiger partial charge < -0.3 is 4.74 Å². The fourth-order valence-electron chi connectivity index (χ4n) is 2.98. The van der Waals surface area contributed by atoms with E-state index >= 15 is 0 Å². The second-order valence-corrected chi connectivity index (χ2v) is 4.70. The molecule has 5 heteroatoms. The van der Waals surface area contributed by atoms with Crippen molar-refractivity contribution in [3.63, 3.8) is 0 Å². The Morgan fingerprint density at radius 3 is 2.88 bits per heavy atom. The fraction of sp³-hybridized carbons (Fsp3) is 0.818. The number of alkyl halides is 3. The molecule has 2 rings (SSSR count). The molecule has 2 aliphatic heterocycles. The monoisotopic (exact) mass is 235 g/mol. The smallest absolute Gasteiger partial charge is 0.383 e. The first-order valence-electron chi connectivity index (χ1n) is 5.47. The van der Waals surface area contributed by atoms with E-state index in [9.17, 15) is 13.2 Å². The van der Waals surface area contributed by atoms with Crippen LogP contribution < -0.4 is 0 Å². The summed E-state index contributed by atoms with van der Waals surface area (Å²) in [5.74, 6) is 0. The molecule has 0 spiro atoms. The first kappa shape index (κ1) is 11.9. The van der Waals surface area contributed by atoms with Gasteiger partial charge in [-0.25, -0.2) is 0 Å². The fourth-order valence-corrected chi connectivity index (χ4v) is 2.98. The Morgan fingerprint density at radius 1 is 1.50 bits per heavy atom. The van der Waals surface area contributed by atoms with Gasteiger partial charge in [-0.2, -0.15) is 13.2 Å². The minimum atomic E-state index is -4.19. The van der Waals surface area contributed by atoms with Crippen LogP contribution in [0.15, 0.2) is 11.6 Å². The number of rotatable bonds is 2. The molecule has 16 heavy (non-hydrogen) atoms. The van der Waals surface area contributed by atoms with Crippen molar-refractivity contribution in [2.24, 2.45) is 0 Å². The highest BCUT2D eigenvalue weighted by Gasteiger charge is 2.47. The molecule has 2 saturated heterocycles. The molecule has 2 aliphatic rings. The van der Waals surface area contributed by atoms with Crippen molar-refractivity contribution in [2.75, 3.05) is 26.8 Å². The van der Waals surface area contributed by atoms with E-state index < -0.39 is 6.18 Å². The van der Waals surface area contributed by atoms with E-state index in [1.807, 2.05) is 0 Å². The second-order valence-electron chi connectivity index (χ2n) is 4.70. The summed E-state index contributed by atoms with van der Waals surface area (Å²) >= 11 is 0. The standard InChI is InChI=1S/C11H16F3NO/c1-16-8-10-3-2-4-15(10)7-9(5-10)6-11(12,13)14/h6H,2-5,7-8H2,1H3/b9-6-/t10-/m0/s1. The first-order valence-corrected chi connectivity index (χ1v) is 5.47. The number of hydrogen-bond acceptors (Lipinski definition) is 2. The van der Waals surface area contributed by atoms with Gasteiger partial charge in [0.2, 0.25) is 0 Å². The van der Waals surface area contributed by atoms with E-state index in [0.717, 1.165) is 19.4 Å². The van der Waals surface area contributed by atoms with Crippen molar-refractivity contribution in [3.8, 4) is 0 Å². The third-order valence-electron chi connectivity index (χ3n) is 3.47. The SMILES string of the molecule is COC[C@@]12CCCN1C/C(=C\C(F)(F)F)C2. The van der Waals surface area contributed by atoms with Crippen molar-refractivity contribution in [3.05, 3.63) is 11.6 Å². The van der Waals surface area contributed by atoms with Crippen molar-refractivity contribution in [2.45, 2.75) is 31.0 Å². The number of ether oxygens (including phenoxy) is 1. The van der Waals surface area contributed by atoms with Crippen LogP contribution in [0.25, 0.3) is 0 Å². The summed E-state index contributed by atoms with van der Waals surface area (Å²) in [4.78, 5) is 2.13. The van der Waals surface area contributed by atoms with Gasteiger partial charge in [-0.1, -0.05) is 0 Å². The molecular weight excluding hydrogens is 219 g/mol. The minimum Gasteiger partial charge on any atom is -0.383 e. The van der Waals surface area contributed by atoms with Crippen LogP contribution in [0, 0.1) is 0 Å². The third-order valence-corrected chi connectivity index (χ3v) is 3.47. The Balaban J connectivity index is 2.13. The minimum absolute atomic E-state index is 0.161. The number of nitrogens with zero attached hydrogens (tertiary/aromatic N) is 1. The lowest BCUT2D eigenvalue weighted by Gasteiger charge is -2.30. The van der Waals surface area contributed by atoms with E-state index in [-0.39, 0.29) is 5.54 Å². The van der Waals surface area contributed by atoms with Crippen molar-refractivity contribution < 1.29 is 17.9 Å². The van der Waals surface area contributed by atoms with Gasteiger partial charge in [-0.15, -0.1) is 0 Å². The highest BCUT2D eigenvalue weighted by molar-refractivity contribution is 5.22. The molecule has 0 aliphatic carbocycles. The van der Waals surface area contributed by atoms with Gasteiger partial charge in [-0.3, -0.25) is 4.90 Å². The molecule has 2 heterocycles. The molecule has 0 saturated carbocycles. The van der Waals surface area contributed by atoms with E-state index in [1.54, 1.807) is 7.11 Å². The van der Waals surface area contributed by atoms with E-state index in [4.69, 9.17) is 4.74 Å². The number of methoxy groups -OCH3 is 1. The van der Waals surface area contributed by atoms with Gasteiger partial charge in [-0.05, 0) is 31.4 Å². The van der Waals surface area contributed by atoms with Crippen LogP contribution in [0.5, 0.6) is 0 Å². The molecule has 0 aromatic carbocycles. The van der Waals surface area contributed by atoms with Crippen LogP contribution in [0.3, 0.4) is 0 Å². The van der Waals surface area contributed by atoms with Gasteiger partial charge in [0.1, 0.15) is 0 Å². The lowest BCUT2D eigenvalue weighted by molar-refractivity contribution is -0.0806. The van der Waals surface area contributed by atoms with E-state index in [2.05, 4.69) is 4.90 Å². The molecule has 0 N–H and O–H groups in total. The summed E-state index contributed by atoms with van der Waals surface area (Å²) in [5, 5.41) is 0. The van der Waals surface area contributed by atoms with Crippen molar-refractivity contribution >= 4 is 0 Å². The maximum absolute atomic E-state index is 12.3. The molecule has 92 valence electrons. The maximum Gasteiger partial charge on any atom is 0.409 e. The van der Waals surface area contributed by atoms with E-state index in [0.29, 0.717) is 31.2 Å². The molecule has 2 nitrogen and oxygen atoms in total. The number of fused-ring (bicyclic) bond motifs is 1. The molecule has 2 fully saturated rings. The summed E-state index contributed by atoms with van der Waals surface area (Å²) in [6.07, 6.45) is -1.23. The van der Waals surface area contributed by atoms with Crippen LogP contribution in [0.4, 0.5) is 13.2 Å². The van der Waals surface area contributed by atoms with Crippen LogP contribution in [-0.4, -0.2) is 43.4 Å². The molecule has 0 aromatic rings. The molecule has 0 unspecified atom stereocenters. The zero-order valence-corrected chi connectivity index (χ0v) is 9.31. The Hall–Kier alpha value is -0.550. The highest BCUT2D eigenvalue weighted by atomic mass is 19.4. The Labute approximate surface area is 93.1 Å². The third kappa shape index (κ3) is 2.25. The van der Waals surface area contributed by atoms with Crippen LogP contribution in [0.2, 0.25) is 0 Å². The summed E-state index contributed by atoms with van der Waals surface area (Å²) in [6.45, 7) is 1.86. The molecule has 0 bridgehead atoms. The maximum atomic E-state index is 12.3. The zero-order chi connectivity index (χ0) is 11.8. The lowest BCUT2D eigenvalue weighted by atomic mass is 9.93. The predicted octanol–water partition coefficient (Wildman–Crippen LogP) is 2.36. The predicted molar refractivity (Wildman–Crippen MR) is 54.2 cm³/mol. The highest BCUT2D eigenvalue weighted by Crippen LogP contribution is 2.42. The Kier molecular flexibility index (Phi) is 3.01. The Bertz CT molecular complexity index is 300. The molecule has 0 aromatic heterocycles. The van der Waals surface area contributed by atoms with Gasteiger partial charge >= 0.3 is 6.18 Å². The quantitative estimate of drug-likeness (QED) is 0.681. The van der Waals surface area contributed by atoms with Gasteiger partial charge in [0.25, 0.3) is 0 Å². The average Bonchev–Trinajstić information content (AvgIpc) is 2.57. The normalized spacial score (nSPS) is 33.6. The summed E-state index contributed by atoms with van der Waals surface area (Å²) < 4.78 is 42.0.